The molecule has 0 heterocycles. The lowest BCUT2D eigenvalue weighted by atomic mass is 10.3. The smallest absolute Gasteiger partial charge is 0.326 e. The number of hydrogen-bond donors (Lipinski definition) is 3. The van der Waals surface area contributed by atoms with Crippen LogP contribution in [0.5, 0.6) is 0 Å². The third kappa shape index (κ3) is 8.63. The van der Waals surface area contributed by atoms with Gasteiger partial charge in [0.2, 0.25) is 0 Å². The van der Waals surface area contributed by atoms with Crippen molar-refractivity contribution in [3.05, 3.63) is 0 Å². The predicted octanol–water partition coefficient (Wildman–Crippen LogP) is 1.27. The third-order valence-corrected chi connectivity index (χ3v) is 3.53. The zero-order valence-electron chi connectivity index (χ0n) is 7.39. The van der Waals surface area contributed by atoms with Crippen LogP contribution in [-0.2, 0) is 13.4 Å². The number of unbranched alkanes of at least 4 members (excludes halogenated alkanes) is 2. The van der Waals surface area contributed by atoms with Gasteiger partial charge in [-0.05, 0) is 6.42 Å². The Labute approximate surface area is 77.8 Å². The van der Waals surface area contributed by atoms with Gasteiger partial charge in [-0.1, -0.05) is 19.8 Å². The molecule has 6 nitrogen and oxygen atoms in total. The Kier molecular flexibility index (Phi) is 6.86. The van der Waals surface area contributed by atoms with Crippen LogP contribution in [0.15, 0.2) is 0 Å². The molecule has 2 unspecified atom stereocenters. The summed E-state index contributed by atoms with van der Waals surface area (Å²) in [7, 11) is -7.42. The van der Waals surface area contributed by atoms with Gasteiger partial charge in [0.25, 0.3) is 0 Å². The monoisotopic (exact) mass is 231 g/mol. The van der Waals surface area contributed by atoms with E-state index in [-0.39, 0.29) is 0 Å². The summed E-state index contributed by atoms with van der Waals surface area (Å²) in [5.74, 6) is 0. The fourth-order valence-electron chi connectivity index (χ4n) is 0.733. The number of nitrogens with one attached hydrogen (secondary N) is 1. The predicted molar refractivity (Wildman–Crippen MR) is 49.7 cm³/mol. The Morgan fingerprint density at radius 3 is 2.62 bits per heavy atom. The molecule has 13 heavy (non-hydrogen) atoms. The molecule has 3 N–H and O–H groups in total. The third-order valence-electron chi connectivity index (χ3n) is 1.29. The molecule has 0 aromatic heterocycles. The summed E-state index contributed by atoms with van der Waals surface area (Å²) in [6, 6.07) is 0. The van der Waals surface area contributed by atoms with Gasteiger partial charge in [-0.3, -0.25) is 4.57 Å². The van der Waals surface area contributed by atoms with Crippen molar-refractivity contribution < 1.29 is 23.2 Å². The van der Waals surface area contributed by atoms with Crippen LogP contribution in [0.25, 0.3) is 0 Å². The first-order chi connectivity index (χ1) is 5.98. The summed E-state index contributed by atoms with van der Waals surface area (Å²) in [4.78, 5) is 17.1. The Balaban J connectivity index is 3.63. The van der Waals surface area contributed by atoms with Crippen molar-refractivity contribution in [1.82, 2.24) is 5.09 Å². The molecule has 0 aliphatic carbocycles. The normalized spacial score (nSPS) is 18.1. The molecule has 0 aromatic carbocycles. The van der Waals surface area contributed by atoms with Crippen molar-refractivity contribution in [2.75, 3.05) is 6.54 Å². The van der Waals surface area contributed by atoms with E-state index < -0.39 is 16.0 Å². The first-order valence-corrected chi connectivity index (χ1v) is 6.82. The van der Waals surface area contributed by atoms with Crippen molar-refractivity contribution in [1.29, 1.82) is 0 Å². The standard InChI is InChI=1S/C5H15NO5P2/c1-2-3-4-5-6-13(9,10)11-12(7)8/h12H,2-5H2,1H3,(H,7,8)(H2,6,9,10). The van der Waals surface area contributed by atoms with Crippen molar-refractivity contribution in [2.24, 2.45) is 0 Å². The van der Waals surface area contributed by atoms with Gasteiger partial charge in [-0.15, -0.1) is 0 Å². The summed E-state index contributed by atoms with van der Waals surface area (Å²) < 4.78 is 24.9. The minimum Gasteiger partial charge on any atom is -0.326 e. The van der Waals surface area contributed by atoms with Gasteiger partial charge in [-0.25, -0.2) is 14.0 Å². The van der Waals surface area contributed by atoms with Crippen molar-refractivity contribution in [3.8, 4) is 0 Å². The van der Waals surface area contributed by atoms with Crippen LogP contribution in [0.3, 0.4) is 0 Å². The van der Waals surface area contributed by atoms with Gasteiger partial charge in [0, 0.05) is 6.54 Å². The summed E-state index contributed by atoms with van der Waals surface area (Å²) in [6.07, 6.45) is 2.66. The first-order valence-electron chi connectivity index (χ1n) is 3.98. The number of hydrogen-bond acceptors (Lipinski definition) is 3. The Bertz CT molecular complexity index is 209. The fraction of sp³-hybridized carbons (Fsp3) is 1.00. The van der Waals surface area contributed by atoms with E-state index in [0.717, 1.165) is 19.3 Å². The van der Waals surface area contributed by atoms with Crippen molar-refractivity contribution >= 4 is 16.0 Å². The van der Waals surface area contributed by atoms with E-state index in [1.165, 1.54) is 0 Å². The molecule has 0 aliphatic rings. The van der Waals surface area contributed by atoms with Gasteiger partial charge in [0.05, 0.1) is 0 Å². The van der Waals surface area contributed by atoms with Crippen molar-refractivity contribution in [3.63, 3.8) is 0 Å². The molecule has 0 saturated heterocycles. The molecular formula is C5H15NO5P2. The molecular weight excluding hydrogens is 216 g/mol. The molecule has 2 atom stereocenters. The summed E-state index contributed by atoms with van der Waals surface area (Å²) in [5, 5.41) is 2.18. The lowest BCUT2D eigenvalue weighted by Crippen LogP contribution is -2.11. The average molecular weight is 231 g/mol. The molecule has 0 spiro atoms. The van der Waals surface area contributed by atoms with Gasteiger partial charge >= 0.3 is 16.0 Å². The van der Waals surface area contributed by atoms with Crippen LogP contribution in [-0.4, -0.2) is 16.3 Å². The van der Waals surface area contributed by atoms with E-state index in [4.69, 9.17) is 9.79 Å². The summed E-state index contributed by atoms with van der Waals surface area (Å²) in [5.41, 5.74) is 0. The van der Waals surface area contributed by atoms with E-state index in [1.54, 1.807) is 0 Å². The minimum absolute atomic E-state index is 0.302. The molecule has 0 bridgehead atoms. The van der Waals surface area contributed by atoms with Crippen LogP contribution in [0.1, 0.15) is 26.2 Å². The molecule has 80 valence electrons. The molecule has 0 rings (SSSR count). The zero-order chi connectivity index (χ0) is 10.3. The largest absolute Gasteiger partial charge is 0.409 e. The number of rotatable bonds is 7. The van der Waals surface area contributed by atoms with E-state index in [2.05, 4.69) is 9.40 Å². The summed E-state index contributed by atoms with van der Waals surface area (Å²) >= 11 is 0. The van der Waals surface area contributed by atoms with Gasteiger partial charge in [0.1, 0.15) is 0 Å². The molecule has 0 saturated carbocycles. The topological polar surface area (TPSA) is 95.9 Å². The van der Waals surface area contributed by atoms with Crippen molar-refractivity contribution in [2.45, 2.75) is 26.2 Å². The SMILES string of the molecule is CCCCCNP(=O)(O)O[PH](=O)O. The maximum absolute atomic E-state index is 10.9. The average Bonchev–Trinajstić information content (AvgIpc) is 1.95. The fourth-order valence-corrected chi connectivity index (χ4v) is 2.28. The van der Waals surface area contributed by atoms with Gasteiger partial charge in [0.15, 0.2) is 0 Å². The molecule has 0 aliphatic heterocycles. The van der Waals surface area contributed by atoms with Crippen LogP contribution < -0.4 is 5.09 Å². The minimum atomic E-state index is -4.06. The highest BCUT2D eigenvalue weighted by Gasteiger charge is 2.20. The Morgan fingerprint density at radius 1 is 1.54 bits per heavy atom. The Hall–Kier alpha value is 0.300. The lowest BCUT2D eigenvalue weighted by Gasteiger charge is -2.10. The van der Waals surface area contributed by atoms with Gasteiger partial charge < -0.3 is 9.79 Å². The molecule has 8 heteroatoms. The second-order valence-electron chi connectivity index (χ2n) is 2.49. The van der Waals surface area contributed by atoms with Crippen LogP contribution in [0.2, 0.25) is 0 Å². The quantitative estimate of drug-likeness (QED) is 0.451. The maximum Gasteiger partial charge on any atom is 0.409 e. The molecule has 0 amide bonds. The van der Waals surface area contributed by atoms with E-state index in [1.807, 2.05) is 6.92 Å². The second-order valence-corrected chi connectivity index (χ2v) is 5.11. The zero-order valence-corrected chi connectivity index (χ0v) is 9.29. The first kappa shape index (κ1) is 13.3. The molecule has 0 radical (unpaired) electrons. The van der Waals surface area contributed by atoms with E-state index >= 15 is 0 Å². The highest BCUT2D eigenvalue weighted by atomic mass is 31.2. The second kappa shape index (κ2) is 6.71. The Morgan fingerprint density at radius 2 is 2.15 bits per heavy atom. The van der Waals surface area contributed by atoms with Crippen LogP contribution in [0, 0.1) is 0 Å². The highest BCUT2D eigenvalue weighted by molar-refractivity contribution is 7.58. The highest BCUT2D eigenvalue weighted by Crippen LogP contribution is 2.45. The molecule has 0 fully saturated rings. The molecule has 0 aromatic rings. The van der Waals surface area contributed by atoms with Gasteiger partial charge in [-0.2, -0.15) is 0 Å². The van der Waals surface area contributed by atoms with Crippen LogP contribution in [0.4, 0.5) is 0 Å². The van der Waals surface area contributed by atoms with E-state index in [0.29, 0.717) is 6.54 Å². The van der Waals surface area contributed by atoms with Crippen LogP contribution >= 0.6 is 16.0 Å². The summed E-state index contributed by atoms with van der Waals surface area (Å²) in [6.45, 7) is 2.30. The lowest BCUT2D eigenvalue weighted by molar-refractivity contribution is 0.338. The van der Waals surface area contributed by atoms with E-state index in [9.17, 15) is 9.13 Å². The maximum atomic E-state index is 10.9.